The number of carbonyl (C=O) groups excluding carboxylic acids is 1. The Morgan fingerprint density at radius 3 is 2.50 bits per heavy atom. The Kier molecular flexibility index (Phi) is 3.62. The van der Waals surface area contributed by atoms with Crippen LogP contribution < -0.4 is 0 Å². The van der Waals surface area contributed by atoms with Crippen molar-refractivity contribution in [1.29, 1.82) is 0 Å². The lowest BCUT2D eigenvalue weighted by Crippen LogP contribution is -2.35. The average Bonchev–Trinajstić information content (AvgIpc) is 3.19. The molecule has 1 amide bonds. The van der Waals surface area contributed by atoms with E-state index in [4.69, 9.17) is 10.2 Å². The van der Waals surface area contributed by atoms with Gasteiger partial charge in [0.1, 0.15) is 0 Å². The Morgan fingerprint density at radius 2 is 1.94 bits per heavy atom. The Balaban J connectivity index is 2.21. The SMILES string of the molecule is O=C(O)c1cccc(C(=O)N(CCO)C2CC2)c1. The Labute approximate surface area is 105 Å². The van der Waals surface area contributed by atoms with Gasteiger partial charge in [0.25, 0.3) is 5.91 Å². The molecule has 1 aliphatic carbocycles. The van der Waals surface area contributed by atoms with Gasteiger partial charge in [-0.15, -0.1) is 0 Å². The molecule has 1 saturated carbocycles. The summed E-state index contributed by atoms with van der Waals surface area (Å²) in [7, 11) is 0. The second-order valence-electron chi connectivity index (χ2n) is 4.34. The van der Waals surface area contributed by atoms with Gasteiger partial charge in [0.05, 0.1) is 12.2 Å². The number of aliphatic hydroxyl groups excluding tert-OH is 1. The number of hydrogen-bond donors (Lipinski definition) is 2. The molecule has 18 heavy (non-hydrogen) atoms. The highest BCUT2D eigenvalue weighted by Gasteiger charge is 2.32. The van der Waals surface area contributed by atoms with E-state index in [-0.39, 0.29) is 24.1 Å². The van der Waals surface area contributed by atoms with Gasteiger partial charge in [-0.25, -0.2) is 4.79 Å². The van der Waals surface area contributed by atoms with Gasteiger partial charge < -0.3 is 15.1 Å². The largest absolute Gasteiger partial charge is 0.478 e. The molecule has 0 aliphatic heterocycles. The quantitative estimate of drug-likeness (QED) is 0.815. The molecule has 5 heteroatoms. The number of rotatable bonds is 5. The summed E-state index contributed by atoms with van der Waals surface area (Å²) < 4.78 is 0. The van der Waals surface area contributed by atoms with Crippen molar-refractivity contribution in [1.82, 2.24) is 4.90 Å². The van der Waals surface area contributed by atoms with Crippen LogP contribution in [-0.4, -0.2) is 46.2 Å². The van der Waals surface area contributed by atoms with Crippen LogP contribution in [0.15, 0.2) is 24.3 Å². The molecule has 0 spiro atoms. The third kappa shape index (κ3) is 2.68. The molecule has 0 atom stereocenters. The lowest BCUT2D eigenvalue weighted by atomic mass is 10.1. The number of carboxylic acid groups (broad SMARTS) is 1. The fraction of sp³-hybridized carbons (Fsp3) is 0.385. The number of aromatic carboxylic acids is 1. The van der Waals surface area contributed by atoms with Gasteiger partial charge in [0, 0.05) is 18.2 Å². The predicted octanol–water partition coefficient (Wildman–Crippen LogP) is 0.982. The lowest BCUT2D eigenvalue weighted by Gasteiger charge is -2.21. The molecule has 2 N–H and O–H groups in total. The summed E-state index contributed by atoms with van der Waals surface area (Å²) in [4.78, 5) is 24.7. The van der Waals surface area contributed by atoms with Gasteiger partial charge in [-0.05, 0) is 31.0 Å². The fourth-order valence-electron chi connectivity index (χ4n) is 1.89. The predicted molar refractivity (Wildman–Crippen MR) is 64.5 cm³/mol. The van der Waals surface area contributed by atoms with Gasteiger partial charge in [-0.3, -0.25) is 4.79 Å². The van der Waals surface area contributed by atoms with E-state index in [2.05, 4.69) is 0 Å². The second kappa shape index (κ2) is 5.18. The standard InChI is InChI=1S/C13H15NO4/c15-7-6-14(11-4-5-11)12(16)9-2-1-3-10(8-9)13(17)18/h1-3,8,11,15H,4-7H2,(H,17,18). The highest BCUT2D eigenvalue weighted by Crippen LogP contribution is 2.28. The fourth-order valence-corrected chi connectivity index (χ4v) is 1.89. The highest BCUT2D eigenvalue weighted by atomic mass is 16.4. The van der Waals surface area contributed by atoms with Crippen LogP contribution in [0.1, 0.15) is 33.6 Å². The summed E-state index contributed by atoms with van der Waals surface area (Å²) in [6.45, 7) is 0.210. The normalized spacial score (nSPS) is 14.3. The zero-order valence-corrected chi connectivity index (χ0v) is 9.87. The first-order chi connectivity index (χ1) is 8.63. The van der Waals surface area contributed by atoms with E-state index in [0.29, 0.717) is 12.1 Å². The maximum Gasteiger partial charge on any atom is 0.335 e. The van der Waals surface area contributed by atoms with Crippen molar-refractivity contribution in [2.24, 2.45) is 0 Å². The highest BCUT2D eigenvalue weighted by molar-refractivity contribution is 5.97. The van der Waals surface area contributed by atoms with Crippen LogP contribution in [0.4, 0.5) is 0 Å². The topological polar surface area (TPSA) is 77.8 Å². The summed E-state index contributed by atoms with van der Waals surface area (Å²) in [5, 5.41) is 17.9. The number of amides is 1. The monoisotopic (exact) mass is 249 g/mol. The molecule has 1 aliphatic rings. The van der Waals surface area contributed by atoms with E-state index in [1.807, 2.05) is 0 Å². The summed E-state index contributed by atoms with van der Waals surface area (Å²) in [6.07, 6.45) is 1.90. The smallest absolute Gasteiger partial charge is 0.335 e. The number of hydrogen-bond acceptors (Lipinski definition) is 3. The number of nitrogens with zero attached hydrogens (tertiary/aromatic N) is 1. The number of benzene rings is 1. The molecule has 0 heterocycles. The minimum Gasteiger partial charge on any atom is -0.478 e. The summed E-state index contributed by atoms with van der Waals surface area (Å²) in [6, 6.07) is 6.17. The van der Waals surface area contributed by atoms with Crippen LogP contribution in [-0.2, 0) is 0 Å². The van der Waals surface area contributed by atoms with Gasteiger partial charge in [-0.1, -0.05) is 6.07 Å². The van der Waals surface area contributed by atoms with Gasteiger partial charge in [-0.2, -0.15) is 0 Å². The van der Waals surface area contributed by atoms with Crippen molar-refractivity contribution in [2.75, 3.05) is 13.2 Å². The molecule has 5 nitrogen and oxygen atoms in total. The maximum atomic E-state index is 12.2. The van der Waals surface area contributed by atoms with Crippen molar-refractivity contribution >= 4 is 11.9 Å². The van der Waals surface area contributed by atoms with Crippen LogP contribution in [0.5, 0.6) is 0 Å². The molecule has 2 rings (SSSR count). The summed E-state index contributed by atoms with van der Waals surface area (Å²) in [5.74, 6) is -1.26. The van der Waals surface area contributed by atoms with E-state index in [0.717, 1.165) is 12.8 Å². The van der Waals surface area contributed by atoms with Crippen molar-refractivity contribution < 1.29 is 19.8 Å². The van der Waals surface area contributed by atoms with E-state index in [1.165, 1.54) is 12.1 Å². The van der Waals surface area contributed by atoms with E-state index in [1.54, 1.807) is 17.0 Å². The minimum atomic E-state index is -1.05. The van der Waals surface area contributed by atoms with E-state index < -0.39 is 5.97 Å². The van der Waals surface area contributed by atoms with Crippen LogP contribution in [0.25, 0.3) is 0 Å². The maximum absolute atomic E-state index is 12.2. The molecular weight excluding hydrogens is 234 g/mol. The Bertz CT molecular complexity index is 468. The van der Waals surface area contributed by atoms with Crippen LogP contribution >= 0.6 is 0 Å². The van der Waals surface area contributed by atoms with Crippen LogP contribution in [0, 0.1) is 0 Å². The summed E-state index contributed by atoms with van der Waals surface area (Å²) >= 11 is 0. The molecule has 0 radical (unpaired) electrons. The Morgan fingerprint density at radius 1 is 1.28 bits per heavy atom. The van der Waals surface area contributed by atoms with Crippen molar-refractivity contribution in [3.05, 3.63) is 35.4 Å². The molecular formula is C13H15NO4. The van der Waals surface area contributed by atoms with Crippen LogP contribution in [0.2, 0.25) is 0 Å². The van der Waals surface area contributed by atoms with Gasteiger partial charge in [0.2, 0.25) is 0 Å². The minimum absolute atomic E-state index is 0.0825. The number of carboxylic acids is 1. The molecule has 0 saturated heterocycles. The van der Waals surface area contributed by atoms with Crippen LogP contribution in [0.3, 0.4) is 0 Å². The second-order valence-corrected chi connectivity index (χ2v) is 4.34. The Hall–Kier alpha value is -1.88. The molecule has 0 aromatic heterocycles. The first kappa shape index (κ1) is 12.6. The molecule has 0 unspecified atom stereocenters. The third-order valence-corrected chi connectivity index (χ3v) is 2.95. The number of carbonyl (C=O) groups is 2. The lowest BCUT2D eigenvalue weighted by molar-refractivity contribution is 0.0696. The molecule has 96 valence electrons. The zero-order valence-electron chi connectivity index (χ0n) is 9.87. The molecule has 1 fully saturated rings. The van der Waals surface area contributed by atoms with Gasteiger partial charge in [0.15, 0.2) is 0 Å². The average molecular weight is 249 g/mol. The van der Waals surface area contributed by atoms with E-state index >= 15 is 0 Å². The van der Waals surface area contributed by atoms with E-state index in [9.17, 15) is 9.59 Å². The molecule has 1 aromatic rings. The first-order valence-corrected chi connectivity index (χ1v) is 5.88. The van der Waals surface area contributed by atoms with Crippen molar-refractivity contribution in [3.63, 3.8) is 0 Å². The third-order valence-electron chi connectivity index (χ3n) is 2.95. The molecule has 1 aromatic carbocycles. The summed E-state index contributed by atoms with van der Waals surface area (Å²) in [5.41, 5.74) is 0.454. The molecule has 0 bridgehead atoms. The van der Waals surface area contributed by atoms with Crippen molar-refractivity contribution in [3.8, 4) is 0 Å². The van der Waals surface area contributed by atoms with Gasteiger partial charge >= 0.3 is 5.97 Å². The first-order valence-electron chi connectivity index (χ1n) is 5.88. The zero-order chi connectivity index (χ0) is 13.1. The van der Waals surface area contributed by atoms with Crippen molar-refractivity contribution in [2.45, 2.75) is 18.9 Å². The number of aliphatic hydroxyl groups is 1.